The summed E-state index contributed by atoms with van der Waals surface area (Å²) >= 11 is 0. The number of H-pyrrole nitrogens is 1. The van der Waals surface area contributed by atoms with Gasteiger partial charge in [0, 0.05) is 6.04 Å². The molecule has 0 saturated heterocycles. The number of aromatic amines is 1. The predicted molar refractivity (Wildman–Crippen MR) is 82.5 cm³/mol. The highest BCUT2D eigenvalue weighted by Gasteiger charge is 2.14. The first-order valence-electron chi connectivity index (χ1n) is 6.99. The topological polar surface area (TPSA) is 40.7 Å². The zero-order valence-electron chi connectivity index (χ0n) is 11.8. The van der Waals surface area contributed by atoms with Gasteiger partial charge in [0.2, 0.25) is 0 Å². The van der Waals surface area contributed by atoms with Crippen molar-refractivity contribution < 1.29 is 0 Å². The summed E-state index contributed by atoms with van der Waals surface area (Å²) < 4.78 is 0. The summed E-state index contributed by atoms with van der Waals surface area (Å²) in [4.78, 5) is 8.02. The number of imidazole rings is 1. The monoisotopic (exact) mass is 265 g/mol. The van der Waals surface area contributed by atoms with Crippen LogP contribution in [0.3, 0.4) is 0 Å². The maximum Gasteiger partial charge on any atom is 0.124 e. The van der Waals surface area contributed by atoms with Gasteiger partial charge in [-0.15, -0.1) is 0 Å². The molecule has 2 atom stereocenters. The highest BCUT2D eigenvalue weighted by molar-refractivity contribution is 5.74. The second kappa shape index (κ2) is 5.47. The maximum absolute atomic E-state index is 4.64. The van der Waals surface area contributed by atoms with Gasteiger partial charge < -0.3 is 10.3 Å². The summed E-state index contributed by atoms with van der Waals surface area (Å²) in [5.41, 5.74) is 3.39. The summed E-state index contributed by atoms with van der Waals surface area (Å²) in [5.74, 6) is 0.981. The molecule has 1 aromatic heterocycles. The van der Waals surface area contributed by atoms with Crippen molar-refractivity contribution in [2.45, 2.75) is 25.9 Å². The molecule has 3 rings (SSSR count). The highest BCUT2D eigenvalue weighted by Crippen LogP contribution is 2.19. The lowest BCUT2D eigenvalue weighted by molar-refractivity contribution is 0.480. The van der Waals surface area contributed by atoms with Crippen molar-refractivity contribution in [2.75, 3.05) is 0 Å². The molecule has 20 heavy (non-hydrogen) atoms. The molecule has 0 aliphatic rings. The Labute approximate surface area is 119 Å². The van der Waals surface area contributed by atoms with E-state index in [0.717, 1.165) is 16.9 Å². The number of aromatic nitrogens is 2. The lowest BCUT2D eigenvalue weighted by atomic mass is 10.1. The fraction of sp³-hybridized carbons (Fsp3) is 0.235. The predicted octanol–water partition coefficient (Wildman–Crippen LogP) is 3.97. The lowest BCUT2D eigenvalue weighted by Crippen LogP contribution is -2.23. The minimum atomic E-state index is 0.178. The Morgan fingerprint density at radius 3 is 2.35 bits per heavy atom. The Bertz CT molecular complexity index is 655. The van der Waals surface area contributed by atoms with Crippen LogP contribution in [0.4, 0.5) is 0 Å². The number of rotatable bonds is 4. The second-order valence-electron chi connectivity index (χ2n) is 5.16. The van der Waals surface area contributed by atoms with E-state index in [0.29, 0.717) is 6.04 Å². The molecule has 0 amide bonds. The van der Waals surface area contributed by atoms with Gasteiger partial charge >= 0.3 is 0 Å². The summed E-state index contributed by atoms with van der Waals surface area (Å²) in [6.45, 7) is 4.31. The number of fused-ring (bicyclic) bond motifs is 1. The Balaban J connectivity index is 1.77. The maximum atomic E-state index is 4.64. The molecule has 0 aliphatic heterocycles. The van der Waals surface area contributed by atoms with E-state index < -0.39 is 0 Å². The van der Waals surface area contributed by atoms with Crippen LogP contribution in [-0.2, 0) is 0 Å². The van der Waals surface area contributed by atoms with Crippen LogP contribution in [-0.4, -0.2) is 9.97 Å². The molecule has 3 aromatic rings. The minimum absolute atomic E-state index is 0.178. The van der Waals surface area contributed by atoms with E-state index in [9.17, 15) is 0 Å². The zero-order valence-corrected chi connectivity index (χ0v) is 11.8. The molecule has 2 unspecified atom stereocenters. The second-order valence-corrected chi connectivity index (χ2v) is 5.16. The van der Waals surface area contributed by atoms with E-state index in [1.807, 2.05) is 24.3 Å². The van der Waals surface area contributed by atoms with E-state index in [-0.39, 0.29) is 6.04 Å². The lowest BCUT2D eigenvalue weighted by Gasteiger charge is -2.18. The van der Waals surface area contributed by atoms with Crippen LogP contribution >= 0.6 is 0 Å². The van der Waals surface area contributed by atoms with Crippen LogP contribution < -0.4 is 5.32 Å². The molecule has 0 radical (unpaired) electrons. The quantitative estimate of drug-likeness (QED) is 0.749. The fourth-order valence-electron chi connectivity index (χ4n) is 2.47. The molecule has 0 fully saturated rings. The molecule has 3 nitrogen and oxygen atoms in total. The van der Waals surface area contributed by atoms with E-state index in [1.54, 1.807) is 0 Å². The molecule has 0 spiro atoms. The average molecular weight is 265 g/mol. The van der Waals surface area contributed by atoms with Gasteiger partial charge in [-0.25, -0.2) is 4.98 Å². The fourth-order valence-corrected chi connectivity index (χ4v) is 2.47. The van der Waals surface area contributed by atoms with E-state index >= 15 is 0 Å². The number of para-hydroxylation sites is 2. The first-order chi connectivity index (χ1) is 9.74. The van der Waals surface area contributed by atoms with E-state index in [2.05, 4.69) is 59.5 Å². The summed E-state index contributed by atoms with van der Waals surface area (Å²) in [7, 11) is 0. The molecule has 0 bridgehead atoms. The van der Waals surface area contributed by atoms with Gasteiger partial charge in [-0.1, -0.05) is 42.5 Å². The molecule has 0 aliphatic carbocycles. The van der Waals surface area contributed by atoms with Crippen LogP contribution in [0.1, 0.15) is 37.3 Å². The van der Waals surface area contributed by atoms with Crippen LogP contribution in [0.2, 0.25) is 0 Å². The van der Waals surface area contributed by atoms with Crippen molar-refractivity contribution in [1.29, 1.82) is 0 Å². The average Bonchev–Trinajstić information content (AvgIpc) is 2.92. The van der Waals surface area contributed by atoms with Crippen molar-refractivity contribution in [3.8, 4) is 0 Å². The van der Waals surface area contributed by atoms with Gasteiger partial charge in [0.25, 0.3) is 0 Å². The SMILES string of the molecule is CC(NC(C)c1nc2ccccc2[nH]1)c1ccccc1. The third-order valence-corrected chi connectivity index (χ3v) is 3.62. The van der Waals surface area contributed by atoms with Crippen molar-refractivity contribution in [3.63, 3.8) is 0 Å². The summed E-state index contributed by atoms with van der Waals surface area (Å²) in [5, 5.41) is 3.58. The molecule has 1 heterocycles. The molecular formula is C17H19N3. The van der Waals surface area contributed by atoms with Crippen molar-refractivity contribution >= 4 is 11.0 Å². The largest absolute Gasteiger partial charge is 0.341 e. The minimum Gasteiger partial charge on any atom is -0.341 e. The van der Waals surface area contributed by atoms with Gasteiger partial charge in [0.15, 0.2) is 0 Å². The Morgan fingerprint density at radius 2 is 1.60 bits per heavy atom. The third kappa shape index (κ3) is 2.58. The van der Waals surface area contributed by atoms with Crippen LogP contribution in [0.5, 0.6) is 0 Å². The molecule has 3 heteroatoms. The number of benzene rings is 2. The van der Waals surface area contributed by atoms with Crippen LogP contribution in [0.25, 0.3) is 11.0 Å². The van der Waals surface area contributed by atoms with Gasteiger partial charge in [-0.2, -0.15) is 0 Å². The first kappa shape index (κ1) is 12.9. The molecule has 102 valence electrons. The van der Waals surface area contributed by atoms with Crippen LogP contribution in [0, 0.1) is 0 Å². The molecule has 2 N–H and O–H groups in total. The van der Waals surface area contributed by atoms with Crippen LogP contribution in [0.15, 0.2) is 54.6 Å². The molecular weight excluding hydrogens is 246 g/mol. The number of hydrogen-bond acceptors (Lipinski definition) is 2. The van der Waals surface area contributed by atoms with Gasteiger partial charge in [0.1, 0.15) is 5.82 Å². The van der Waals surface area contributed by atoms with E-state index in [4.69, 9.17) is 0 Å². The summed E-state index contributed by atoms with van der Waals surface area (Å²) in [6, 6.07) is 19.1. The Hall–Kier alpha value is -2.13. The van der Waals surface area contributed by atoms with E-state index in [1.165, 1.54) is 5.56 Å². The standard InChI is InChI=1S/C17H19N3/c1-12(14-8-4-3-5-9-14)18-13(2)17-19-15-10-6-7-11-16(15)20-17/h3-13,18H,1-2H3,(H,19,20). The van der Waals surface area contributed by atoms with Gasteiger partial charge in [-0.3, -0.25) is 0 Å². The smallest absolute Gasteiger partial charge is 0.124 e. The molecule has 0 saturated carbocycles. The van der Waals surface area contributed by atoms with Gasteiger partial charge in [-0.05, 0) is 31.5 Å². The van der Waals surface area contributed by atoms with Crippen molar-refractivity contribution in [2.24, 2.45) is 0 Å². The van der Waals surface area contributed by atoms with Crippen molar-refractivity contribution in [1.82, 2.24) is 15.3 Å². The third-order valence-electron chi connectivity index (χ3n) is 3.62. The Kier molecular flexibility index (Phi) is 3.52. The number of hydrogen-bond donors (Lipinski definition) is 2. The molecule has 2 aromatic carbocycles. The highest BCUT2D eigenvalue weighted by atomic mass is 15.0. The normalized spacial score (nSPS) is 14.3. The Morgan fingerprint density at radius 1 is 0.900 bits per heavy atom. The number of nitrogens with zero attached hydrogens (tertiary/aromatic N) is 1. The number of nitrogens with one attached hydrogen (secondary N) is 2. The zero-order chi connectivity index (χ0) is 13.9. The van der Waals surface area contributed by atoms with Gasteiger partial charge in [0.05, 0.1) is 17.1 Å². The van der Waals surface area contributed by atoms with Crippen molar-refractivity contribution in [3.05, 3.63) is 66.0 Å². The summed E-state index contributed by atoms with van der Waals surface area (Å²) in [6.07, 6.45) is 0. The first-order valence-corrected chi connectivity index (χ1v) is 6.99.